The van der Waals surface area contributed by atoms with E-state index in [2.05, 4.69) is 91.5 Å². The van der Waals surface area contributed by atoms with Gasteiger partial charge in [0.05, 0.1) is 32.6 Å². The fourth-order valence-electron chi connectivity index (χ4n) is 2.66. The lowest BCUT2D eigenvalue weighted by Gasteiger charge is -2.28. The highest BCUT2D eigenvalue weighted by Gasteiger charge is 2.10. The first-order valence-corrected chi connectivity index (χ1v) is 10.4. The third-order valence-corrected chi connectivity index (χ3v) is 5.50. The van der Waals surface area contributed by atoms with E-state index < -0.39 is 0 Å². The molecule has 0 aromatic heterocycles. The van der Waals surface area contributed by atoms with Crippen LogP contribution >= 0.6 is 45.2 Å². The Bertz CT molecular complexity index is 719. The van der Waals surface area contributed by atoms with Gasteiger partial charge >= 0.3 is 0 Å². The van der Waals surface area contributed by atoms with E-state index in [0.717, 1.165) is 50.4 Å². The van der Waals surface area contributed by atoms with E-state index in [9.17, 15) is 0 Å². The monoisotopic (exact) mass is 562 g/mol. The zero-order valence-corrected chi connectivity index (χ0v) is 18.4. The zero-order valence-electron chi connectivity index (χ0n) is 14.0. The van der Waals surface area contributed by atoms with Crippen molar-refractivity contribution >= 4 is 62.8 Å². The number of rotatable bonds is 5. The third-order valence-electron chi connectivity index (χ3n) is 3.90. The number of morpholine rings is 1. The van der Waals surface area contributed by atoms with Crippen LogP contribution in [0.3, 0.4) is 0 Å². The summed E-state index contributed by atoms with van der Waals surface area (Å²) in [5.41, 5.74) is 3.26. The Morgan fingerprint density at radius 1 is 1.12 bits per heavy atom. The molecule has 1 saturated heterocycles. The maximum Gasteiger partial charge on any atom is 0.145 e. The van der Waals surface area contributed by atoms with Crippen LogP contribution in [0.5, 0.6) is 5.75 Å². The SMILES string of the molecule is CCOc1c(I)cc(C=Nc2ccc(N3CCOCC3)cc2)cc1I. The molecular formula is C19H20I2N2O2. The van der Waals surface area contributed by atoms with Gasteiger partial charge in [-0.3, -0.25) is 4.99 Å². The quantitative estimate of drug-likeness (QED) is 0.385. The first kappa shape index (κ1) is 18.9. The lowest BCUT2D eigenvalue weighted by molar-refractivity contribution is 0.122. The Hall–Kier alpha value is -0.870. The number of ether oxygens (including phenoxy) is 2. The van der Waals surface area contributed by atoms with Crippen molar-refractivity contribution in [2.24, 2.45) is 4.99 Å². The van der Waals surface area contributed by atoms with Crippen LogP contribution in [0, 0.1) is 7.14 Å². The predicted octanol–water partition coefficient (Wildman–Crippen LogP) is 4.88. The van der Waals surface area contributed by atoms with Crippen molar-refractivity contribution in [2.75, 3.05) is 37.8 Å². The number of halogens is 2. The molecule has 0 aliphatic carbocycles. The summed E-state index contributed by atoms with van der Waals surface area (Å²) in [4.78, 5) is 6.95. The minimum absolute atomic E-state index is 0.676. The molecule has 2 aromatic carbocycles. The van der Waals surface area contributed by atoms with Crippen molar-refractivity contribution in [3.63, 3.8) is 0 Å². The van der Waals surface area contributed by atoms with Crippen molar-refractivity contribution in [3.05, 3.63) is 49.1 Å². The van der Waals surface area contributed by atoms with Crippen LogP contribution in [0.25, 0.3) is 0 Å². The summed E-state index contributed by atoms with van der Waals surface area (Å²) >= 11 is 4.62. The molecule has 25 heavy (non-hydrogen) atoms. The summed E-state index contributed by atoms with van der Waals surface area (Å²) in [6, 6.07) is 12.6. The summed E-state index contributed by atoms with van der Waals surface area (Å²) in [6.45, 7) is 6.18. The maximum absolute atomic E-state index is 5.68. The number of benzene rings is 2. The van der Waals surface area contributed by atoms with Gasteiger partial charge in [-0.15, -0.1) is 0 Å². The molecule has 0 atom stereocenters. The fourth-order valence-corrected chi connectivity index (χ4v) is 4.78. The molecule has 132 valence electrons. The van der Waals surface area contributed by atoms with Gasteiger partial charge in [0.2, 0.25) is 0 Å². The van der Waals surface area contributed by atoms with Crippen LogP contribution in [-0.4, -0.2) is 39.1 Å². The highest BCUT2D eigenvalue weighted by atomic mass is 127. The average molecular weight is 562 g/mol. The molecule has 1 aliphatic heterocycles. The van der Waals surface area contributed by atoms with E-state index in [1.165, 1.54) is 5.69 Å². The van der Waals surface area contributed by atoms with E-state index >= 15 is 0 Å². The summed E-state index contributed by atoms with van der Waals surface area (Å²) in [7, 11) is 0. The second-order valence-electron chi connectivity index (χ2n) is 5.62. The molecule has 6 heteroatoms. The Kier molecular flexibility index (Phi) is 6.94. The Balaban J connectivity index is 1.71. The first-order chi connectivity index (χ1) is 12.2. The van der Waals surface area contributed by atoms with Crippen molar-refractivity contribution in [3.8, 4) is 5.75 Å². The number of nitrogens with zero attached hydrogens (tertiary/aromatic N) is 2. The van der Waals surface area contributed by atoms with E-state index in [-0.39, 0.29) is 0 Å². The highest BCUT2D eigenvalue weighted by Crippen LogP contribution is 2.29. The Morgan fingerprint density at radius 3 is 2.36 bits per heavy atom. The number of hydrogen-bond donors (Lipinski definition) is 0. The minimum Gasteiger partial charge on any atom is -0.492 e. The van der Waals surface area contributed by atoms with Crippen LogP contribution in [0.2, 0.25) is 0 Å². The zero-order chi connectivity index (χ0) is 17.6. The summed E-state index contributed by atoms with van der Waals surface area (Å²) < 4.78 is 13.3. The largest absolute Gasteiger partial charge is 0.492 e. The van der Waals surface area contributed by atoms with Gasteiger partial charge in [0, 0.05) is 25.0 Å². The van der Waals surface area contributed by atoms with E-state index in [1.54, 1.807) is 0 Å². The van der Waals surface area contributed by atoms with E-state index in [1.807, 2.05) is 13.1 Å². The highest BCUT2D eigenvalue weighted by molar-refractivity contribution is 14.1. The molecule has 1 heterocycles. The van der Waals surface area contributed by atoms with Crippen LogP contribution in [-0.2, 0) is 4.74 Å². The third kappa shape index (κ3) is 5.07. The van der Waals surface area contributed by atoms with Gasteiger partial charge < -0.3 is 14.4 Å². The van der Waals surface area contributed by atoms with Gasteiger partial charge in [-0.1, -0.05) is 0 Å². The smallest absolute Gasteiger partial charge is 0.145 e. The molecule has 3 rings (SSSR count). The second kappa shape index (κ2) is 9.18. The molecule has 0 bridgehead atoms. The van der Waals surface area contributed by atoms with Crippen molar-refractivity contribution < 1.29 is 9.47 Å². The van der Waals surface area contributed by atoms with Crippen molar-refractivity contribution in [1.82, 2.24) is 0 Å². The van der Waals surface area contributed by atoms with Crippen LogP contribution in [0.4, 0.5) is 11.4 Å². The van der Waals surface area contributed by atoms with Gasteiger partial charge in [0.25, 0.3) is 0 Å². The standard InChI is InChI=1S/C19H20I2N2O2/c1-2-25-19-17(20)11-14(12-18(19)21)13-22-15-3-5-16(6-4-15)23-7-9-24-10-8-23/h3-6,11-13H,2,7-10H2,1H3. The van der Waals surface area contributed by atoms with Gasteiger partial charge in [-0.05, 0) is 94.1 Å². The molecule has 0 amide bonds. The van der Waals surface area contributed by atoms with Crippen molar-refractivity contribution in [1.29, 1.82) is 0 Å². The predicted molar refractivity (Wildman–Crippen MR) is 120 cm³/mol. The van der Waals surface area contributed by atoms with E-state index in [0.29, 0.717) is 6.61 Å². The number of anilines is 1. The lowest BCUT2D eigenvalue weighted by atomic mass is 10.2. The molecule has 0 radical (unpaired) electrons. The normalized spacial score (nSPS) is 14.9. The van der Waals surface area contributed by atoms with Gasteiger partial charge in [0.1, 0.15) is 5.75 Å². The molecular weight excluding hydrogens is 542 g/mol. The molecule has 0 unspecified atom stereocenters. The molecule has 1 aliphatic rings. The second-order valence-corrected chi connectivity index (χ2v) is 7.95. The molecule has 0 N–H and O–H groups in total. The summed E-state index contributed by atoms with van der Waals surface area (Å²) in [6.07, 6.45) is 1.91. The van der Waals surface area contributed by atoms with Crippen LogP contribution in [0.15, 0.2) is 41.4 Å². The number of hydrogen-bond acceptors (Lipinski definition) is 4. The van der Waals surface area contributed by atoms with Gasteiger partial charge in [-0.25, -0.2) is 0 Å². The lowest BCUT2D eigenvalue weighted by Crippen LogP contribution is -2.36. The Labute approximate surface area is 175 Å². The molecule has 1 fully saturated rings. The minimum atomic E-state index is 0.676. The van der Waals surface area contributed by atoms with Crippen molar-refractivity contribution in [2.45, 2.75) is 6.92 Å². The summed E-state index contributed by atoms with van der Waals surface area (Å²) in [5, 5.41) is 0. The molecule has 2 aromatic rings. The average Bonchev–Trinajstić information content (AvgIpc) is 2.64. The molecule has 0 spiro atoms. The molecule has 0 saturated carbocycles. The Morgan fingerprint density at radius 2 is 1.76 bits per heavy atom. The topological polar surface area (TPSA) is 34.1 Å². The van der Waals surface area contributed by atoms with Gasteiger partial charge in [-0.2, -0.15) is 0 Å². The van der Waals surface area contributed by atoms with Crippen LogP contribution < -0.4 is 9.64 Å². The summed E-state index contributed by atoms with van der Waals surface area (Å²) in [5.74, 6) is 0.954. The fraction of sp³-hybridized carbons (Fsp3) is 0.316. The molecule has 4 nitrogen and oxygen atoms in total. The number of aliphatic imine (C=N–C) groups is 1. The van der Waals surface area contributed by atoms with E-state index in [4.69, 9.17) is 9.47 Å². The maximum atomic E-state index is 5.68. The van der Waals surface area contributed by atoms with Crippen LogP contribution in [0.1, 0.15) is 12.5 Å². The first-order valence-electron chi connectivity index (χ1n) is 8.26. The van der Waals surface area contributed by atoms with Gasteiger partial charge in [0.15, 0.2) is 0 Å².